The summed E-state index contributed by atoms with van der Waals surface area (Å²) in [6.07, 6.45) is 1.76. The molecule has 2 unspecified atom stereocenters. The molecule has 2 aliphatic heterocycles. The molecular weight excluding hydrogens is 578 g/mol. The van der Waals surface area contributed by atoms with Gasteiger partial charge in [-0.05, 0) is 19.9 Å². The molecule has 2 aliphatic rings. The predicted octanol–water partition coefficient (Wildman–Crippen LogP) is -1.84. The molecule has 2 amide bonds. The van der Waals surface area contributed by atoms with Crippen LogP contribution >= 0.6 is 23.3 Å². The van der Waals surface area contributed by atoms with E-state index in [1.54, 1.807) is 22.9 Å². The molecule has 0 spiro atoms. The number of carboxylic acid groups (broad SMARTS) is 2. The van der Waals surface area contributed by atoms with Gasteiger partial charge >= 0.3 is 5.97 Å². The highest BCUT2D eigenvalue weighted by atomic mass is 32.2. The second kappa shape index (κ2) is 10.4. The summed E-state index contributed by atoms with van der Waals surface area (Å²) < 4.78 is 5.73. The van der Waals surface area contributed by atoms with Gasteiger partial charge in [0.1, 0.15) is 22.8 Å². The molecule has 2 atom stereocenters. The molecular formula is C23H23N9O7S2. The van der Waals surface area contributed by atoms with Crippen molar-refractivity contribution in [1.29, 1.82) is 0 Å². The number of thioether (sulfide) groups is 1. The van der Waals surface area contributed by atoms with Crippen LogP contribution in [0.3, 0.4) is 0 Å². The Labute approximate surface area is 239 Å². The number of rotatable bonds is 9. The minimum Gasteiger partial charge on any atom is -0.543 e. The molecule has 1 fully saturated rings. The number of nitrogen functional groups attached to an aromatic ring is 2. The van der Waals surface area contributed by atoms with Gasteiger partial charge in [0.25, 0.3) is 11.8 Å². The largest absolute Gasteiger partial charge is 0.543 e. The monoisotopic (exact) mass is 601 g/mol. The maximum absolute atomic E-state index is 13.2. The van der Waals surface area contributed by atoms with Crippen molar-refractivity contribution in [3.8, 4) is 0 Å². The van der Waals surface area contributed by atoms with E-state index >= 15 is 0 Å². The number of carboxylic acids is 2. The van der Waals surface area contributed by atoms with Crippen molar-refractivity contribution < 1.29 is 38.8 Å². The van der Waals surface area contributed by atoms with Gasteiger partial charge in [0.05, 0.1) is 17.7 Å². The zero-order valence-electron chi connectivity index (χ0n) is 21.5. The van der Waals surface area contributed by atoms with Crippen LogP contribution in [-0.2, 0) is 30.6 Å². The number of oxime groups is 1. The van der Waals surface area contributed by atoms with E-state index in [1.807, 2.05) is 6.07 Å². The number of carbonyl (C=O) groups is 4. The number of hydrogen-bond donors (Lipinski definition) is 5. The Kier molecular flexibility index (Phi) is 7.03. The van der Waals surface area contributed by atoms with Gasteiger partial charge in [-0.1, -0.05) is 5.16 Å². The first-order valence-corrected chi connectivity index (χ1v) is 13.7. The first kappa shape index (κ1) is 27.8. The molecule has 41 heavy (non-hydrogen) atoms. The average molecular weight is 602 g/mol. The number of H-pyrrole nitrogens is 1. The van der Waals surface area contributed by atoms with Crippen molar-refractivity contribution in [1.82, 2.24) is 24.6 Å². The van der Waals surface area contributed by atoms with E-state index in [4.69, 9.17) is 16.3 Å². The number of aliphatic carboxylic acids is 2. The molecule has 1 saturated heterocycles. The van der Waals surface area contributed by atoms with Gasteiger partial charge in [0.15, 0.2) is 17.9 Å². The molecule has 16 nitrogen and oxygen atoms in total. The fraction of sp³-hybridized carbons (Fsp3) is 0.304. The van der Waals surface area contributed by atoms with Crippen LogP contribution < -0.4 is 26.5 Å². The molecule has 3 aromatic heterocycles. The van der Waals surface area contributed by atoms with Crippen LogP contribution in [0.5, 0.6) is 0 Å². The number of pyridine rings is 1. The van der Waals surface area contributed by atoms with E-state index in [0.29, 0.717) is 11.4 Å². The number of carbonyl (C=O) groups excluding carboxylic acids is 3. The Hall–Kier alpha value is -4.71. The lowest BCUT2D eigenvalue weighted by molar-refractivity contribution is -0.663. The van der Waals surface area contributed by atoms with E-state index in [1.165, 1.54) is 25.6 Å². The summed E-state index contributed by atoms with van der Waals surface area (Å²) in [4.78, 5) is 63.0. The summed E-state index contributed by atoms with van der Waals surface area (Å²) >= 11 is 2.03. The number of hydrogen-bond acceptors (Lipinski definition) is 13. The van der Waals surface area contributed by atoms with Crippen LogP contribution in [-0.4, -0.2) is 76.6 Å². The van der Waals surface area contributed by atoms with Gasteiger partial charge in [-0.2, -0.15) is 13.9 Å². The van der Waals surface area contributed by atoms with Crippen molar-refractivity contribution in [3.05, 3.63) is 41.5 Å². The second-order valence-corrected chi connectivity index (χ2v) is 11.5. The van der Waals surface area contributed by atoms with Gasteiger partial charge in [0.2, 0.25) is 22.7 Å². The minimum atomic E-state index is -1.80. The zero-order valence-corrected chi connectivity index (χ0v) is 23.1. The SMILES string of the molecule is CC(C)(O/N=C(\C(=O)NC1C(=O)N2C(C(=O)[O-])=C(C[n+]3cccc4[nH]c(N)cc43)CSC12)c1nsc(N)n1)C(=O)O. The maximum atomic E-state index is 13.2. The van der Waals surface area contributed by atoms with Gasteiger partial charge in [-0.25, -0.2) is 4.79 Å². The molecule has 0 saturated carbocycles. The third-order valence-electron chi connectivity index (χ3n) is 6.32. The predicted molar refractivity (Wildman–Crippen MR) is 144 cm³/mol. The minimum absolute atomic E-state index is 0.0129. The first-order valence-electron chi connectivity index (χ1n) is 11.9. The fourth-order valence-electron chi connectivity index (χ4n) is 4.23. The number of amides is 2. The molecule has 214 valence electrons. The molecule has 0 aliphatic carbocycles. The fourth-order valence-corrected chi connectivity index (χ4v) is 6.00. The van der Waals surface area contributed by atoms with Gasteiger partial charge in [-0.15, -0.1) is 11.8 Å². The van der Waals surface area contributed by atoms with Crippen molar-refractivity contribution in [2.75, 3.05) is 17.2 Å². The number of nitrogens with two attached hydrogens (primary N) is 2. The van der Waals surface area contributed by atoms with Crippen LogP contribution in [0.2, 0.25) is 0 Å². The van der Waals surface area contributed by atoms with Crippen molar-refractivity contribution in [3.63, 3.8) is 0 Å². The number of β-lactam (4-membered cyclic amide) rings is 1. The lowest BCUT2D eigenvalue weighted by Gasteiger charge is -2.50. The first-order chi connectivity index (χ1) is 19.4. The normalized spacial score (nSPS) is 19.1. The summed E-state index contributed by atoms with van der Waals surface area (Å²) in [7, 11) is 0. The summed E-state index contributed by atoms with van der Waals surface area (Å²) in [5.41, 5.74) is 10.9. The molecule has 0 bridgehead atoms. The van der Waals surface area contributed by atoms with Crippen LogP contribution in [0.1, 0.15) is 19.7 Å². The Balaban J connectivity index is 1.38. The smallest absolute Gasteiger partial charge is 0.350 e. The molecule has 5 heterocycles. The molecule has 0 radical (unpaired) electrons. The van der Waals surface area contributed by atoms with Crippen molar-refractivity contribution in [2.45, 2.75) is 37.4 Å². The van der Waals surface area contributed by atoms with Crippen molar-refractivity contribution >= 4 is 74.7 Å². The lowest BCUT2D eigenvalue weighted by Crippen LogP contribution is -2.71. The number of nitrogens with zero attached hydrogens (tertiary/aromatic N) is 5. The highest BCUT2D eigenvalue weighted by molar-refractivity contribution is 8.00. The number of aromatic nitrogens is 4. The van der Waals surface area contributed by atoms with Crippen LogP contribution in [0.4, 0.5) is 10.9 Å². The van der Waals surface area contributed by atoms with Gasteiger partial charge in [-0.3, -0.25) is 14.5 Å². The highest BCUT2D eigenvalue weighted by Crippen LogP contribution is 2.40. The Morgan fingerprint density at radius 1 is 1.39 bits per heavy atom. The van der Waals surface area contributed by atoms with E-state index in [9.17, 15) is 29.4 Å². The average Bonchev–Trinajstić information content (AvgIpc) is 3.51. The number of fused-ring (bicyclic) bond motifs is 2. The summed E-state index contributed by atoms with van der Waals surface area (Å²) in [5.74, 6) is -4.06. The van der Waals surface area contributed by atoms with Crippen LogP contribution in [0.15, 0.2) is 40.8 Å². The van der Waals surface area contributed by atoms with Gasteiger partial charge in [0, 0.05) is 28.9 Å². The zero-order chi connectivity index (χ0) is 29.6. The molecule has 5 rings (SSSR count). The van der Waals surface area contributed by atoms with Gasteiger partial charge < -0.3 is 41.6 Å². The summed E-state index contributed by atoms with van der Waals surface area (Å²) in [6.45, 7) is 2.60. The standard InChI is InChI=1S/C23H23N9O7S2/c1-23(2,21(37)38)39-29-13(16-28-22(25)41-30-16)17(33)27-14-18(34)32-15(20(35)36)9(8-40-19(14)32)7-31-5-3-4-10-11(31)6-12(24)26-10/h3-6,14,19H,7-8H2,1-2H3,(H7,24,25,26,27,28,30,33,35,36,37,38)/b29-13-. The Morgan fingerprint density at radius 3 is 2.80 bits per heavy atom. The lowest BCUT2D eigenvalue weighted by atomic mass is 10.0. The topological polar surface area (TPSA) is 246 Å². The molecule has 3 aromatic rings. The van der Waals surface area contributed by atoms with Crippen molar-refractivity contribution in [2.24, 2.45) is 5.16 Å². The summed E-state index contributed by atoms with van der Waals surface area (Å²) in [5, 5.41) is 26.9. The third-order valence-corrected chi connectivity index (χ3v) is 8.20. The van der Waals surface area contributed by atoms with E-state index in [2.05, 4.69) is 24.8 Å². The number of nitrogens with one attached hydrogen (secondary N) is 2. The second-order valence-electron chi connectivity index (χ2n) is 9.56. The summed E-state index contributed by atoms with van der Waals surface area (Å²) in [6, 6.07) is 4.20. The van der Waals surface area contributed by atoms with E-state index < -0.39 is 46.5 Å². The van der Waals surface area contributed by atoms with E-state index in [-0.39, 0.29) is 29.0 Å². The number of anilines is 2. The van der Waals surface area contributed by atoms with E-state index in [0.717, 1.165) is 27.5 Å². The Bertz CT molecular complexity index is 1660. The quantitative estimate of drug-likeness (QED) is 0.0786. The van der Waals surface area contributed by atoms with Crippen LogP contribution in [0, 0.1) is 0 Å². The molecule has 7 N–H and O–H groups in total. The highest BCUT2D eigenvalue weighted by Gasteiger charge is 2.53. The third kappa shape index (κ3) is 5.13. The van der Waals surface area contributed by atoms with Crippen LogP contribution in [0.25, 0.3) is 11.0 Å². The Morgan fingerprint density at radius 2 is 2.15 bits per heavy atom. The number of aromatic amines is 1. The molecule has 0 aromatic carbocycles. The molecule has 18 heteroatoms. The maximum Gasteiger partial charge on any atom is 0.350 e.